The number of aromatic nitrogens is 1. The van der Waals surface area contributed by atoms with E-state index in [1.807, 2.05) is 44.1 Å². The highest BCUT2D eigenvalue weighted by Gasteiger charge is 2.25. The van der Waals surface area contributed by atoms with Crippen LogP contribution in [0.25, 0.3) is 21.3 Å². The van der Waals surface area contributed by atoms with Gasteiger partial charge in [0.2, 0.25) is 0 Å². The molecule has 32 heavy (non-hydrogen) atoms. The summed E-state index contributed by atoms with van der Waals surface area (Å²) < 4.78 is 6.48. The highest BCUT2D eigenvalue weighted by atomic mass is 79.9. The van der Waals surface area contributed by atoms with Gasteiger partial charge >= 0.3 is 0 Å². The average molecular weight is 515 g/mol. The van der Waals surface area contributed by atoms with Gasteiger partial charge in [-0.3, -0.25) is 4.79 Å². The van der Waals surface area contributed by atoms with Gasteiger partial charge in [-0.25, -0.2) is 9.98 Å². The molecule has 1 aliphatic heterocycles. The van der Waals surface area contributed by atoms with E-state index in [1.54, 1.807) is 0 Å². The smallest absolute Gasteiger partial charge is 0.266 e. The van der Waals surface area contributed by atoms with Crippen molar-refractivity contribution < 1.29 is 9.53 Å². The molecule has 0 bridgehead atoms. The number of aliphatic imine (C=N–C) groups is 1. The van der Waals surface area contributed by atoms with Gasteiger partial charge in [-0.05, 0) is 50.1 Å². The number of morpholine rings is 1. The number of fused-ring (bicyclic) bond motifs is 1. The summed E-state index contributed by atoms with van der Waals surface area (Å²) in [4.78, 5) is 28.5. The fourth-order valence-electron chi connectivity index (χ4n) is 3.82. The zero-order valence-electron chi connectivity index (χ0n) is 18.6. The number of hydrogen-bond acceptors (Lipinski definition) is 5. The van der Waals surface area contributed by atoms with E-state index in [0.717, 1.165) is 44.6 Å². The minimum Gasteiger partial charge on any atom is -0.378 e. The second kappa shape index (κ2) is 10.1. The molecular formula is C24H27BrN4O2S. The van der Waals surface area contributed by atoms with Crippen LogP contribution in [-0.2, 0) is 4.74 Å². The number of thiophene rings is 1. The van der Waals surface area contributed by atoms with Gasteiger partial charge in [-0.15, -0.1) is 11.3 Å². The van der Waals surface area contributed by atoms with E-state index in [2.05, 4.69) is 39.0 Å². The molecule has 0 aliphatic carbocycles. The fourth-order valence-corrected chi connectivity index (χ4v) is 5.24. The monoisotopic (exact) mass is 514 g/mol. The van der Waals surface area contributed by atoms with Crippen molar-refractivity contribution in [2.45, 2.75) is 20.8 Å². The Bertz CT molecular complexity index is 1130. The summed E-state index contributed by atoms with van der Waals surface area (Å²) in [5.41, 5.74) is 3.75. The lowest BCUT2D eigenvalue weighted by atomic mass is 10.0. The summed E-state index contributed by atoms with van der Waals surface area (Å²) in [7, 11) is 0. The standard InChI is InChI=1S/C24H27BrN4O2S/c1-4-29(5-2)24(30)22-21(26-15-28-10-12-31-13-11-28)20-19(14-16(3)27-23(20)32-22)17-6-8-18(25)9-7-17/h6-9,14-15H,4-5,10-13H2,1-3H3. The maximum Gasteiger partial charge on any atom is 0.266 e. The lowest BCUT2D eigenvalue weighted by Crippen LogP contribution is -2.35. The molecule has 0 atom stereocenters. The minimum atomic E-state index is 0.00605. The van der Waals surface area contributed by atoms with Crippen LogP contribution in [-0.4, -0.2) is 66.4 Å². The predicted molar refractivity (Wildman–Crippen MR) is 135 cm³/mol. The van der Waals surface area contributed by atoms with Gasteiger partial charge < -0.3 is 14.5 Å². The third-order valence-electron chi connectivity index (χ3n) is 5.56. The Labute approximate surface area is 201 Å². The Balaban J connectivity index is 1.92. The molecule has 0 radical (unpaired) electrons. The molecule has 3 heterocycles. The van der Waals surface area contributed by atoms with Crippen LogP contribution in [0.1, 0.15) is 29.2 Å². The number of nitrogens with zero attached hydrogens (tertiary/aromatic N) is 4. The highest BCUT2D eigenvalue weighted by molar-refractivity contribution is 9.10. The molecule has 1 saturated heterocycles. The zero-order chi connectivity index (χ0) is 22.7. The molecule has 0 spiro atoms. The van der Waals surface area contributed by atoms with Crippen molar-refractivity contribution in [1.82, 2.24) is 14.8 Å². The predicted octanol–water partition coefficient (Wildman–Crippen LogP) is 5.51. The SMILES string of the molecule is CCN(CC)C(=O)c1sc2nc(C)cc(-c3ccc(Br)cc3)c2c1N=CN1CCOCC1. The second-order valence-electron chi connectivity index (χ2n) is 7.65. The van der Waals surface area contributed by atoms with Gasteiger partial charge in [0.25, 0.3) is 5.91 Å². The summed E-state index contributed by atoms with van der Waals surface area (Å²) >= 11 is 4.96. The van der Waals surface area contributed by atoms with E-state index in [9.17, 15) is 4.79 Å². The Morgan fingerprint density at radius 1 is 1.25 bits per heavy atom. The number of ether oxygens (including phenoxy) is 1. The van der Waals surface area contributed by atoms with Gasteiger partial charge in [0.05, 0.1) is 25.2 Å². The topological polar surface area (TPSA) is 58.0 Å². The van der Waals surface area contributed by atoms with Crippen LogP contribution in [0, 0.1) is 6.92 Å². The first-order valence-corrected chi connectivity index (χ1v) is 12.5. The molecule has 0 saturated carbocycles. The first-order valence-electron chi connectivity index (χ1n) is 10.9. The Hall–Kier alpha value is -2.29. The molecule has 0 N–H and O–H groups in total. The van der Waals surface area contributed by atoms with Crippen molar-refractivity contribution in [2.24, 2.45) is 4.99 Å². The van der Waals surface area contributed by atoms with Crippen LogP contribution < -0.4 is 0 Å². The van der Waals surface area contributed by atoms with E-state index in [-0.39, 0.29) is 5.91 Å². The van der Waals surface area contributed by atoms with Crippen molar-refractivity contribution >= 4 is 55.4 Å². The Kier molecular flexibility index (Phi) is 7.23. The summed E-state index contributed by atoms with van der Waals surface area (Å²) in [6.07, 6.45) is 1.86. The molecular weight excluding hydrogens is 488 g/mol. The normalized spacial score (nSPS) is 14.4. The van der Waals surface area contributed by atoms with Crippen LogP contribution in [0.3, 0.4) is 0 Å². The largest absolute Gasteiger partial charge is 0.378 e. The molecule has 6 nitrogen and oxygen atoms in total. The molecule has 4 rings (SSSR count). The number of amides is 1. The number of pyridine rings is 1. The van der Waals surface area contributed by atoms with Crippen LogP contribution in [0.15, 0.2) is 39.8 Å². The Morgan fingerprint density at radius 2 is 1.94 bits per heavy atom. The lowest BCUT2D eigenvalue weighted by Gasteiger charge is -2.24. The summed E-state index contributed by atoms with van der Waals surface area (Å²) in [5, 5.41) is 0.933. The fraction of sp³-hybridized carbons (Fsp3) is 0.375. The number of hydrogen-bond donors (Lipinski definition) is 0. The van der Waals surface area contributed by atoms with Crippen LogP contribution in [0.4, 0.5) is 5.69 Å². The number of carbonyl (C=O) groups excluding carboxylic acids is 1. The first-order chi connectivity index (χ1) is 15.5. The van der Waals surface area contributed by atoms with Crippen molar-refractivity contribution in [2.75, 3.05) is 39.4 Å². The highest BCUT2D eigenvalue weighted by Crippen LogP contribution is 2.43. The van der Waals surface area contributed by atoms with E-state index in [4.69, 9.17) is 14.7 Å². The molecule has 8 heteroatoms. The van der Waals surface area contributed by atoms with E-state index < -0.39 is 0 Å². The van der Waals surface area contributed by atoms with Gasteiger partial charge in [-0.2, -0.15) is 0 Å². The Morgan fingerprint density at radius 3 is 2.59 bits per heavy atom. The third kappa shape index (κ3) is 4.72. The van der Waals surface area contributed by atoms with Crippen LogP contribution in [0.5, 0.6) is 0 Å². The van der Waals surface area contributed by atoms with Crippen LogP contribution in [0.2, 0.25) is 0 Å². The number of carbonyl (C=O) groups is 1. The zero-order valence-corrected chi connectivity index (χ0v) is 21.0. The summed E-state index contributed by atoms with van der Waals surface area (Å²) in [5.74, 6) is 0.00605. The van der Waals surface area contributed by atoms with Crippen molar-refractivity contribution in [1.29, 1.82) is 0 Å². The first kappa shape index (κ1) is 22.9. The van der Waals surface area contributed by atoms with Crippen molar-refractivity contribution in [3.63, 3.8) is 0 Å². The average Bonchev–Trinajstić information content (AvgIpc) is 3.17. The second-order valence-corrected chi connectivity index (χ2v) is 9.56. The quantitative estimate of drug-likeness (QED) is 0.321. The van der Waals surface area contributed by atoms with Gasteiger partial charge in [0.15, 0.2) is 0 Å². The molecule has 0 unspecified atom stereocenters. The van der Waals surface area contributed by atoms with Gasteiger partial charge in [0.1, 0.15) is 9.71 Å². The molecule has 3 aromatic rings. The lowest BCUT2D eigenvalue weighted by molar-refractivity contribution is 0.0700. The molecule has 1 aliphatic rings. The molecule has 1 amide bonds. The molecule has 2 aromatic heterocycles. The number of benzene rings is 1. The molecule has 1 fully saturated rings. The summed E-state index contributed by atoms with van der Waals surface area (Å²) in [6.45, 7) is 10.3. The maximum atomic E-state index is 13.4. The number of rotatable bonds is 6. The van der Waals surface area contributed by atoms with E-state index in [0.29, 0.717) is 36.9 Å². The van der Waals surface area contributed by atoms with E-state index >= 15 is 0 Å². The molecule has 168 valence electrons. The third-order valence-corrected chi connectivity index (χ3v) is 7.15. The maximum absolute atomic E-state index is 13.4. The van der Waals surface area contributed by atoms with Gasteiger partial charge in [-0.1, -0.05) is 28.1 Å². The number of halogens is 1. The number of aryl methyl sites for hydroxylation is 1. The summed E-state index contributed by atoms with van der Waals surface area (Å²) in [6, 6.07) is 10.3. The van der Waals surface area contributed by atoms with Crippen molar-refractivity contribution in [3.05, 3.63) is 45.4 Å². The van der Waals surface area contributed by atoms with Crippen molar-refractivity contribution in [3.8, 4) is 11.1 Å². The molecule has 1 aromatic carbocycles. The van der Waals surface area contributed by atoms with Crippen LogP contribution >= 0.6 is 27.3 Å². The minimum absolute atomic E-state index is 0.00605. The van der Waals surface area contributed by atoms with E-state index in [1.165, 1.54) is 11.3 Å². The van der Waals surface area contributed by atoms with Gasteiger partial charge in [0, 0.05) is 41.7 Å².